The third-order valence-electron chi connectivity index (χ3n) is 1.86. The second kappa shape index (κ2) is 2.98. The van der Waals surface area contributed by atoms with Crippen molar-refractivity contribution in [1.29, 1.82) is 0 Å². The van der Waals surface area contributed by atoms with Crippen molar-refractivity contribution in [2.75, 3.05) is 6.54 Å². The van der Waals surface area contributed by atoms with E-state index < -0.39 is 18.1 Å². The van der Waals surface area contributed by atoms with E-state index in [1.807, 2.05) is 0 Å². The fourth-order valence-corrected chi connectivity index (χ4v) is 1.31. The molecule has 0 aromatic carbocycles. The monoisotopic (exact) mass is 174 g/mol. The molecular formula is C6H10N2O4. The van der Waals surface area contributed by atoms with Gasteiger partial charge in [-0.25, -0.2) is 9.59 Å². The van der Waals surface area contributed by atoms with Crippen molar-refractivity contribution < 1.29 is 19.8 Å². The Balaban J connectivity index is 2.72. The lowest BCUT2D eigenvalue weighted by atomic mass is 10.2. The van der Waals surface area contributed by atoms with Gasteiger partial charge >= 0.3 is 12.1 Å². The number of amides is 1. The fraction of sp³-hybridized carbons (Fsp3) is 0.667. The Morgan fingerprint density at radius 1 is 1.42 bits per heavy atom. The molecule has 6 heteroatoms. The van der Waals surface area contributed by atoms with Crippen LogP contribution in [-0.2, 0) is 4.79 Å². The molecule has 0 radical (unpaired) electrons. The molecule has 0 aliphatic carbocycles. The van der Waals surface area contributed by atoms with Crippen molar-refractivity contribution in [3.8, 4) is 0 Å². The van der Waals surface area contributed by atoms with Gasteiger partial charge in [0.25, 0.3) is 0 Å². The van der Waals surface area contributed by atoms with Crippen molar-refractivity contribution in [3.63, 3.8) is 0 Å². The molecule has 2 unspecified atom stereocenters. The Morgan fingerprint density at radius 2 is 2.00 bits per heavy atom. The van der Waals surface area contributed by atoms with Gasteiger partial charge in [0.05, 0.1) is 0 Å². The lowest BCUT2D eigenvalue weighted by Gasteiger charge is -2.16. The summed E-state index contributed by atoms with van der Waals surface area (Å²) >= 11 is 0. The van der Waals surface area contributed by atoms with Gasteiger partial charge in [-0.3, -0.25) is 4.90 Å². The van der Waals surface area contributed by atoms with Crippen LogP contribution in [0.25, 0.3) is 0 Å². The zero-order valence-electron chi connectivity index (χ0n) is 6.30. The molecule has 6 nitrogen and oxygen atoms in total. The summed E-state index contributed by atoms with van der Waals surface area (Å²) in [6, 6.07) is -1.33. The van der Waals surface area contributed by atoms with Crippen LogP contribution in [0.4, 0.5) is 4.79 Å². The molecule has 0 saturated carbocycles. The van der Waals surface area contributed by atoms with Crippen molar-refractivity contribution in [2.24, 2.45) is 5.73 Å². The van der Waals surface area contributed by atoms with Gasteiger partial charge in [0.15, 0.2) is 0 Å². The maximum absolute atomic E-state index is 10.5. The van der Waals surface area contributed by atoms with Gasteiger partial charge in [-0.1, -0.05) is 0 Å². The van der Waals surface area contributed by atoms with Gasteiger partial charge < -0.3 is 15.9 Å². The predicted octanol–water partition coefficient (Wildman–Crippen LogP) is -0.849. The maximum atomic E-state index is 10.5. The largest absolute Gasteiger partial charge is 0.480 e. The van der Waals surface area contributed by atoms with Crippen LogP contribution in [0, 0.1) is 0 Å². The number of carboxylic acids is 1. The van der Waals surface area contributed by atoms with Crippen LogP contribution in [-0.4, -0.2) is 45.8 Å². The summed E-state index contributed by atoms with van der Waals surface area (Å²) in [4.78, 5) is 21.8. The minimum Gasteiger partial charge on any atom is -0.480 e. The van der Waals surface area contributed by atoms with Gasteiger partial charge in [-0.2, -0.15) is 0 Å². The van der Waals surface area contributed by atoms with Crippen LogP contribution in [0.15, 0.2) is 0 Å². The fourth-order valence-electron chi connectivity index (χ4n) is 1.31. The van der Waals surface area contributed by atoms with E-state index in [4.69, 9.17) is 15.9 Å². The summed E-state index contributed by atoms with van der Waals surface area (Å²) in [5, 5.41) is 17.1. The Kier molecular flexibility index (Phi) is 2.18. The zero-order chi connectivity index (χ0) is 9.30. The molecule has 1 rings (SSSR count). The van der Waals surface area contributed by atoms with Crippen molar-refractivity contribution in [1.82, 2.24) is 4.90 Å². The second-order valence-corrected chi connectivity index (χ2v) is 2.78. The molecule has 0 spiro atoms. The lowest BCUT2D eigenvalue weighted by molar-refractivity contribution is -0.141. The Morgan fingerprint density at radius 3 is 2.33 bits per heavy atom. The van der Waals surface area contributed by atoms with Gasteiger partial charge in [0.2, 0.25) is 0 Å². The van der Waals surface area contributed by atoms with E-state index in [1.54, 1.807) is 0 Å². The number of aliphatic carboxylic acids is 1. The second-order valence-electron chi connectivity index (χ2n) is 2.78. The minimum absolute atomic E-state index is 0.103. The number of nitrogens with zero attached hydrogens (tertiary/aromatic N) is 1. The quantitative estimate of drug-likeness (QED) is 0.480. The van der Waals surface area contributed by atoms with E-state index in [0.29, 0.717) is 0 Å². The van der Waals surface area contributed by atoms with Crippen LogP contribution in [0.2, 0.25) is 0 Å². The first-order chi connectivity index (χ1) is 5.52. The van der Waals surface area contributed by atoms with Crippen LogP contribution >= 0.6 is 0 Å². The molecule has 68 valence electrons. The highest BCUT2D eigenvalue weighted by atomic mass is 16.4. The zero-order valence-corrected chi connectivity index (χ0v) is 6.30. The molecule has 1 fully saturated rings. The maximum Gasteiger partial charge on any atom is 0.408 e. The van der Waals surface area contributed by atoms with E-state index in [-0.39, 0.29) is 19.0 Å². The lowest BCUT2D eigenvalue weighted by Crippen LogP contribution is -2.39. The molecule has 1 saturated heterocycles. The first-order valence-corrected chi connectivity index (χ1v) is 3.50. The van der Waals surface area contributed by atoms with Gasteiger partial charge in [-0.05, 0) is 6.42 Å². The molecule has 1 aliphatic heterocycles. The summed E-state index contributed by atoms with van der Waals surface area (Å²) in [6.45, 7) is 0.103. The average Bonchev–Trinajstić information content (AvgIpc) is 2.31. The SMILES string of the molecule is NC1CC(C(=O)O)N(C(=O)O)C1. The average molecular weight is 174 g/mol. The molecule has 1 aliphatic rings. The molecule has 12 heavy (non-hydrogen) atoms. The Bertz CT molecular complexity index is 196. The summed E-state index contributed by atoms with van der Waals surface area (Å²) in [7, 11) is 0. The first kappa shape index (κ1) is 8.79. The number of rotatable bonds is 1. The number of hydrogen-bond donors (Lipinski definition) is 3. The van der Waals surface area contributed by atoms with E-state index in [0.717, 1.165) is 4.90 Å². The molecule has 0 aromatic heterocycles. The standard InChI is InChI=1S/C6H10N2O4/c7-3-1-4(5(9)10)8(2-3)6(11)12/h3-4H,1-2,7H2,(H,9,10)(H,11,12). The molecule has 1 heterocycles. The van der Waals surface area contributed by atoms with Crippen LogP contribution in [0.1, 0.15) is 6.42 Å². The van der Waals surface area contributed by atoms with Crippen molar-refractivity contribution >= 4 is 12.1 Å². The highest BCUT2D eigenvalue weighted by Gasteiger charge is 2.38. The molecule has 0 bridgehead atoms. The van der Waals surface area contributed by atoms with Gasteiger partial charge in [-0.15, -0.1) is 0 Å². The van der Waals surface area contributed by atoms with Crippen LogP contribution in [0.5, 0.6) is 0 Å². The van der Waals surface area contributed by atoms with Crippen LogP contribution < -0.4 is 5.73 Å². The van der Waals surface area contributed by atoms with E-state index >= 15 is 0 Å². The Labute approximate surface area is 68.6 Å². The van der Waals surface area contributed by atoms with Gasteiger partial charge in [0, 0.05) is 12.6 Å². The van der Waals surface area contributed by atoms with E-state index in [9.17, 15) is 9.59 Å². The molecule has 2 atom stereocenters. The molecule has 0 aromatic rings. The normalized spacial score (nSPS) is 28.9. The smallest absolute Gasteiger partial charge is 0.408 e. The highest BCUT2D eigenvalue weighted by molar-refractivity contribution is 5.80. The number of likely N-dealkylation sites (tertiary alicyclic amines) is 1. The van der Waals surface area contributed by atoms with E-state index in [1.165, 1.54) is 0 Å². The summed E-state index contributed by atoms with van der Waals surface area (Å²) < 4.78 is 0. The highest BCUT2D eigenvalue weighted by Crippen LogP contribution is 2.16. The van der Waals surface area contributed by atoms with Crippen molar-refractivity contribution in [3.05, 3.63) is 0 Å². The summed E-state index contributed by atoms with van der Waals surface area (Å²) in [6.07, 6.45) is -1.03. The molecule has 1 amide bonds. The number of carboxylic acid groups (broad SMARTS) is 2. The third kappa shape index (κ3) is 1.48. The number of nitrogens with two attached hydrogens (primary N) is 1. The third-order valence-corrected chi connectivity index (χ3v) is 1.86. The Hall–Kier alpha value is -1.30. The minimum atomic E-state index is -1.23. The van der Waals surface area contributed by atoms with Gasteiger partial charge in [0.1, 0.15) is 6.04 Å². The topological polar surface area (TPSA) is 104 Å². The van der Waals surface area contributed by atoms with Crippen LogP contribution in [0.3, 0.4) is 0 Å². The molecule has 4 N–H and O–H groups in total. The van der Waals surface area contributed by atoms with E-state index in [2.05, 4.69) is 0 Å². The molecular weight excluding hydrogens is 164 g/mol. The van der Waals surface area contributed by atoms with Crippen molar-refractivity contribution in [2.45, 2.75) is 18.5 Å². The number of hydrogen-bond acceptors (Lipinski definition) is 3. The predicted molar refractivity (Wildman–Crippen MR) is 38.7 cm³/mol. The summed E-state index contributed by atoms with van der Waals surface area (Å²) in [5.41, 5.74) is 5.42. The summed E-state index contributed by atoms with van der Waals surface area (Å²) in [5.74, 6) is -1.13. The first-order valence-electron chi connectivity index (χ1n) is 3.50. The number of carbonyl (C=O) groups is 2.